The van der Waals surface area contributed by atoms with Crippen molar-refractivity contribution in [1.29, 1.82) is 0 Å². The maximum absolute atomic E-state index is 9.92. The van der Waals surface area contributed by atoms with Crippen molar-refractivity contribution in [2.75, 3.05) is 24.5 Å². The highest BCUT2D eigenvalue weighted by Crippen LogP contribution is 2.27. The van der Waals surface area contributed by atoms with Crippen LogP contribution in [0.3, 0.4) is 0 Å². The third-order valence-corrected chi connectivity index (χ3v) is 4.64. The number of nitrogens with one attached hydrogen (secondary N) is 1. The SMILES string of the molecule is CC(C)CNCc1c(N2CCCC(O)C2)nc2sccn12. The number of aromatic nitrogens is 2. The molecule has 0 aliphatic carbocycles. The van der Waals surface area contributed by atoms with Crippen molar-refractivity contribution in [3.8, 4) is 0 Å². The zero-order valence-corrected chi connectivity index (χ0v) is 13.6. The van der Waals surface area contributed by atoms with E-state index in [9.17, 15) is 5.11 Å². The quantitative estimate of drug-likeness (QED) is 0.888. The van der Waals surface area contributed by atoms with E-state index in [4.69, 9.17) is 4.98 Å². The van der Waals surface area contributed by atoms with Crippen molar-refractivity contribution in [2.45, 2.75) is 39.3 Å². The van der Waals surface area contributed by atoms with Gasteiger partial charge in [-0.15, -0.1) is 11.3 Å². The van der Waals surface area contributed by atoms with Gasteiger partial charge in [-0.05, 0) is 25.3 Å². The van der Waals surface area contributed by atoms with Crippen LogP contribution in [0.5, 0.6) is 0 Å². The summed E-state index contributed by atoms with van der Waals surface area (Å²) in [5.74, 6) is 1.67. The number of rotatable bonds is 5. The molecule has 3 heterocycles. The monoisotopic (exact) mass is 308 g/mol. The summed E-state index contributed by atoms with van der Waals surface area (Å²) in [4.78, 5) is 8.05. The molecule has 1 unspecified atom stereocenters. The zero-order valence-electron chi connectivity index (χ0n) is 12.7. The van der Waals surface area contributed by atoms with Gasteiger partial charge in [-0.1, -0.05) is 13.8 Å². The molecule has 0 bridgehead atoms. The Balaban J connectivity index is 1.84. The minimum Gasteiger partial charge on any atom is -0.391 e. The highest BCUT2D eigenvalue weighted by Gasteiger charge is 2.24. The number of hydrogen-bond acceptors (Lipinski definition) is 5. The Labute approximate surface area is 129 Å². The first-order chi connectivity index (χ1) is 10.1. The second-order valence-electron chi connectivity index (χ2n) is 6.20. The molecular weight excluding hydrogens is 284 g/mol. The molecule has 21 heavy (non-hydrogen) atoms. The molecule has 0 radical (unpaired) electrons. The molecule has 1 saturated heterocycles. The van der Waals surface area contributed by atoms with E-state index in [0.29, 0.717) is 12.5 Å². The average Bonchev–Trinajstić information content (AvgIpc) is 3.00. The average molecular weight is 308 g/mol. The van der Waals surface area contributed by atoms with Crippen LogP contribution >= 0.6 is 11.3 Å². The third kappa shape index (κ3) is 3.22. The number of piperidine rings is 1. The normalized spacial score (nSPS) is 19.8. The molecule has 116 valence electrons. The number of imidazole rings is 1. The van der Waals surface area contributed by atoms with E-state index in [1.54, 1.807) is 11.3 Å². The maximum Gasteiger partial charge on any atom is 0.195 e. The molecule has 1 aliphatic rings. The van der Waals surface area contributed by atoms with Crippen molar-refractivity contribution >= 4 is 22.1 Å². The highest BCUT2D eigenvalue weighted by atomic mass is 32.1. The van der Waals surface area contributed by atoms with E-state index in [0.717, 1.165) is 43.3 Å². The van der Waals surface area contributed by atoms with Crippen LogP contribution in [0.4, 0.5) is 5.82 Å². The van der Waals surface area contributed by atoms with Gasteiger partial charge >= 0.3 is 0 Å². The van der Waals surface area contributed by atoms with Crippen LogP contribution in [0, 0.1) is 5.92 Å². The molecule has 6 heteroatoms. The Bertz CT molecular complexity index is 592. The summed E-state index contributed by atoms with van der Waals surface area (Å²) in [5, 5.41) is 15.5. The first kappa shape index (κ1) is 14.8. The van der Waals surface area contributed by atoms with Gasteiger partial charge in [-0.25, -0.2) is 4.98 Å². The first-order valence-corrected chi connectivity index (χ1v) is 8.61. The highest BCUT2D eigenvalue weighted by molar-refractivity contribution is 7.15. The van der Waals surface area contributed by atoms with Gasteiger partial charge in [0.1, 0.15) is 0 Å². The Hall–Kier alpha value is -1.11. The van der Waals surface area contributed by atoms with Crippen LogP contribution in [0.1, 0.15) is 32.4 Å². The Morgan fingerprint density at radius 2 is 2.38 bits per heavy atom. The molecule has 2 aromatic rings. The van der Waals surface area contributed by atoms with Gasteiger partial charge in [0.15, 0.2) is 10.8 Å². The number of β-amino-alcohol motifs (C(OH)–C–C–N with tert-alkyl or cyclic N) is 1. The van der Waals surface area contributed by atoms with Crippen molar-refractivity contribution < 1.29 is 5.11 Å². The van der Waals surface area contributed by atoms with E-state index in [1.165, 1.54) is 5.69 Å². The molecule has 1 fully saturated rings. The summed E-state index contributed by atoms with van der Waals surface area (Å²) < 4.78 is 2.17. The lowest BCUT2D eigenvalue weighted by Gasteiger charge is -2.31. The van der Waals surface area contributed by atoms with Crippen LogP contribution in [-0.2, 0) is 6.54 Å². The lowest BCUT2D eigenvalue weighted by atomic mass is 10.1. The number of fused-ring (bicyclic) bond motifs is 1. The predicted octanol–water partition coefficient (Wildman–Crippen LogP) is 2.10. The van der Waals surface area contributed by atoms with Crippen molar-refractivity contribution in [1.82, 2.24) is 14.7 Å². The molecule has 5 nitrogen and oxygen atoms in total. The van der Waals surface area contributed by atoms with Crippen LogP contribution in [0.15, 0.2) is 11.6 Å². The number of aliphatic hydroxyl groups excluding tert-OH is 1. The minimum atomic E-state index is -0.227. The molecule has 1 atom stereocenters. The van der Waals surface area contributed by atoms with E-state index >= 15 is 0 Å². The molecular formula is C15H24N4OS. The topological polar surface area (TPSA) is 52.8 Å². The molecule has 2 aromatic heterocycles. The van der Waals surface area contributed by atoms with Crippen LogP contribution in [0.25, 0.3) is 4.96 Å². The smallest absolute Gasteiger partial charge is 0.195 e. The van der Waals surface area contributed by atoms with E-state index in [1.807, 2.05) is 0 Å². The zero-order chi connectivity index (χ0) is 14.8. The lowest BCUT2D eigenvalue weighted by Crippen LogP contribution is -2.39. The van der Waals surface area contributed by atoms with E-state index in [2.05, 4.69) is 40.0 Å². The third-order valence-electron chi connectivity index (χ3n) is 3.88. The molecule has 1 aliphatic heterocycles. The maximum atomic E-state index is 9.92. The van der Waals surface area contributed by atoms with Gasteiger partial charge in [-0.3, -0.25) is 4.40 Å². The fourth-order valence-corrected chi connectivity index (χ4v) is 3.59. The molecule has 0 saturated carbocycles. The Morgan fingerprint density at radius 3 is 3.14 bits per heavy atom. The summed E-state index contributed by atoms with van der Waals surface area (Å²) in [6.45, 7) is 7.93. The van der Waals surface area contributed by atoms with Crippen LogP contribution in [-0.4, -0.2) is 40.2 Å². The standard InChI is InChI=1S/C15H24N4OS/c1-11(2)8-16-9-13-14(17-15-19(13)6-7-21-15)18-5-3-4-12(20)10-18/h6-7,11-12,16,20H,3-5,8-10H2,1-2H3. The molecule has 0 spiro atoms. The molecule has 0 aromatic carbocycles. The van der Waals surface area contributed by atoms with Crippen LogP contribution < -0.4 is 10.2 Å². The number of hydrogen-bond donors (Lipinski definition) is 2. The predicted molar refractivity (Wildman–Crippen MR) is 87.1 cm³/mol. The second kappa shape index (κ2) is 6.34. The van der Waals surface area contributed by atoms with Gasteiger partial charge < -0.3 is 15.3 Å². The molecule has 0 amide bonds. The summed E-state index contributed by atoms with van der Waals surface area (Å²) in [5.41, 5.74) is 1.21. The van der Waals surface area contributed by atoms with Gasteiger partial charge in [-0.2, -0.15) is 0 Å². The van der Waals surface area contributed by atoms with Gasteiger partial charge in [0.2, 0.25) is 0 Å². The van der Waals surface area contributed by atoms with Gasteiger partial charge in [0, 0.05) is 31.2 Å². The summed E-state index contributed by atoms with van der Waals surface area (Å²) >= 11 is 1.66. The minimum absolute atomic E-state index is 0.227. The molecule has 3 rings (SSSR count). The Morgan fingerprint density at radius 1 is 1.52 bits per heavy atom. The van der Waals surface area contributed by atoms with E-state index in [-0.39, 0.29) is 6.10 Å². The van der Waals surface area contributed by atoms with Gasteiger partial charge in [0.05, 0.1) is 11.8 Å². The second-order valence-corrected chi connectivity index (χ2v) is 7.08. The summed E-state index contributed by atoms with van der Waals surface area (Å²) in [6, 6.07) is 0. The summed E-state index contributed by atoms with van der Waals surface area (Å²) in [7, 11) is 0. The van der Waals surface area contributed by atoms with E-state index < -0.39 is 0 Å². The largest absolute Gasteiger partial charge is 0.391 e. The van der Waals surface area contributed by atoms with Crippen molar-refractivity contribution in [3.05, 3.63) is 17.3 Å². The fraction of sp³-hybridized carbons (Fsp3) is 0.667. The van der Waals surface area contributed by atoms with Gasteiger partial charge in [0.25, 0.3) is 0 Å². The van der Waals surface area contributed by atoms with Crippen molar-refractivity contribution in [3.63, 3.8) is 0 Å². The lowest BCUT2D eigenvalue weighted by molar-refractivity contribution is 0.154. The number of aliphatic hydroxyl groups is 1. The van der Waals surface area contributed by atoms with Crippen LogP contribution in [0.2, 0.25) is 0 Å². The number of thiazole rings is 1. The fourth-order valence-electron chi connectivity index (χ4n) is 2.87. The number of anilines is 1. The number of nitrogens with zero attached hydrogens (tertiary/aromatic N) is 3. The first-order valence-electron chi connectivity index (χ1n) is 7.73. The molecule has 2 N–H and O–H groups in total. The van der Waals surface area contributed by atoms with Crippen molar-refractivity contribution in [2.24, 2.45) is 5.92 Å². The summed E-state index contributed by atoms with van der Waals surface area (Å²) in [6.07, 6.45) is 3.80. The Kier molecular flexibility index (Phi) is 4.47.